The van der Waals surface area contributed by atoms with E-state index >= 15 is 0 Å². The van der Waals surface area contributed by atoms with Crippen LogP contribution in [0.2, 0.25) is 0 Å². The second kappa shape index (κ2) is 8.31. The molecule has 0 unspecified atom stereocenters. The van der Waals surface area contributed by atoms with E-state index in [0.29, 0.717) is 12.0 Å². The van der Waals surface area contributed by atoms with Crippen LogP contribution in [-0.4, -0.2) is 47.3 Å². The van der Waals surface area contributed by atoms with Gasteiger partial charge in [0.15, 0.2) is 0 Å². The average molecular weight is 383 g/mol. The number of hydrogen-bond donors (Lipinski definition) is 2. The zero-order valence-electron chi connectivity index (χ0n) is 15.6. The van der Waals surface area contributed by atoms with E-state index in [1.54, 1.807) is 11.8 Å². The summed E-state index contributed by atoms with van der Waals surface area (Å²) in [4.78, 5) is 20.6. The van der Waals surface area contributed by atoms with Crippen molar-refractivity contribution >= 4 is 23.5 Å². The van der Waals surface area contributed by atoms with E-state index in [4.69, 9.17) is 0 Å². The fraction of sp³-hybridized carbons (Fsp3) is 0.429. The number of benzene rings is 1. The molecule has 2 bridgehead atoms. The van der Waals surface area contributed by atoms with Crippen LogP contribution in [0.25, 0.3) is 0 Å². The maximum Gasteiger partial charge on any atom is 0.319 e. The van der Waals surface area contributed by atoms with Gasteiger partial charge in [0, 0.05) is 29.4 Å². The molecular weight excluding hydrogens is 356 g/mol. The van der Waals surface area contributed by atoms with Gasteiger partial charge in [0.25, 0.3) is 0 Å². The maximum atomic E-state index is 12.8. The summed E-state index contributed by atoms with van der Waals surface area (Å²) in [7, 11) is 0. The molecule has 2 atom stereocenters. The summed E-state index contributed by atoms with van der Waals surface area (Å²) in [5.41, 5.74) is 2.10. The zero-order valence-corrected chi connectivity index (χ0v) is 16.4. The Kier molecular flexibility index (Phi) is 5.64. The topological polar surface area (TPSA) is 57.3 Å². The van der Waals surface area contributed by atoms with Crippen LogP contribution >= 0.6 is 11.8 Å². The van der Waals surface area contributed by atoms with Crippen LogP contribution in [0.15, 0.2) is 53.7 Å². The van der Waals surface area contributed by atoms with Gasteiger partial charge in [-0.15, -0.1) is 11.8 Å². The third-order valence-electron chi connectivity index (χ3n) is 5.79. The monoisotopic (exact) mass is 382 g/mol. The Hall–Kier alpha value is -2.05. The molecule has 3 aliphatic rings. The molecule has 0 saturated carbocycles. The normalized spacial score (nSPS) is 26.6. The van der Waals surface area contributed by atoms with Gasteiger partial charge in [-0.25, -0.2) is 4.79 Å². The first-order valence-electron chi connectivity index (χ1n) is 9.58. The largest absolute Gasteiger partial charge is 0.333 e. The van der Waals surface area contributed by atoms with Gasteiger partial charge in [-0.05, 0) is 68.3 Å². The SMILES string of the molecule is CSc1ccccc1NC(=O)N[C@@H]1C2CCN(CC2)[C@@H]1Cc1cccnc1. The number of aromatic nitrogens is 1. The Labute approximate surface area is 164 Å². The smallest absolute Gasteiger partial charge is 0.319 e. The van der Waals surface area contributed by atoms with Crippen LogP contribution in [-0.2, 0) is 6.42 Å². The molecule has 3 saturated heterocycles. The number of hydrogen-bond acceptors (Lipinski definition) is 4. The van der Waals surface area contributed by atoms with E-state index in [1.165, 1.54) is 5.56 Å². The molecular formula is C21H26N4OS. The summed E-state index contributed by atoms with van der Waals surface area (Å²) in [6.45, 7) is 2.26. The summed E-state index contributed by atoms with van der Waals surface area (Å²) in [6.07, 6.45) is 9.02. The van der Waals surface area contributed by atoms with Crippen molar-refractivity contribution in [1.29, 1.82) is 0 Å². The number of pyridine rings is 1. The number of rotatable bonds is 5. The lowest BCUT2D eigenvalue weighted by Crippen LogP contribution is -2.64. The van der Waals surface area contributed by atoms with Gasteiger partial charge in [0.05, 0.1) is 5.69 Å². The fourth-order valence-electron chi connectivity index (χ4n) is 4.44. The van der Waals surface area contributed by atoms with Gasteiger partial charge in [0.2, 0.25) is 0 Å². The first kappa shape index (κ1) is 18.3. The number of anilines is 1. The summed E-state index contributed by atoms with van der Waals surface area (Å²) in [5, 5.41) is 6.35. The van der Waals surface area contributed by atoms with Crippen LogP contribution in [0.4, 0.5) is 10.5 Å². The maximum absolute atomic E-state index is 12.8. The van der Waals surface area contributed by atoms with Crippen LogP contribution in [0.5, 0.6) is 0 Å². The molecule has 0 radical (unpaired) electrons. The van der Waals surface area contributed by atoms with Crippen molar-refractivity contribution in [3.05, 3.63) is 54.4 Å². The molecule has 1 aromatic heterocycles. The molecule has 2 N–H and O–H groups in total. The first-order chi connectivity index (χ1) is 13.2. The lowest BCUT2D eigenvalue weighted by atomic mass is 9.77. The fourth-order valence-corrected chi connectivity index (χ4v) is 4.99. The Balaban J connectivity index is 1.47. The Bertz CT molecular complexity index is 777. The van der Waals surface area contributed by atoms with Gasteiger partial charge >= 0.3 is 6.03 Å². The highest BCUT2D eigenvalue weighted by atomic mass is 32.2. The van der Waals surface area contributed by atoms with Crippen molar-refractivity contribution in [2.24, 2.45) is 5.92 Å². The lowest BCUT2D eigenvalue weighted by molar-refractivity contribution is 0.0184. The highest BCUT2D eigenvalue weighted by Crippen LogP contribution is 2.34. The van der Waals surface area contributed by atoms with Crippen molar-refractivity contribution < 1.29 is 4.79 Å². The summed E-state index contributed by atoms with van der Waals surface area (Å²) in [6, 6.07) is 12.4. The predicted molar refractivity (Wildman–Crippen MR) is 110 cm³/mol. The Morgan fingerprint density at radius 2 is 2.04 bits per heavy atom. The average Bonchev–Trinajstić information content (AvgIpc) is 2.71. The summed E-state index contributed by atoms with van der Waals surface area (Å²) < 4.78 is 0. The summed E-state index contributed by atoms with van der Waals surface area (Å²) >= 11 is 1.64. The lowest BCUT2D eigenvalue weighted by Gasteiger charge is -2.51. The first-order valence-corrected chi connectivity index (χ1v) is 10.8. The van der Waals surface area contributed by atoms with Crippen LogP contribution < -0.4 is 10.6 Å². The second-order valence-corrected chi connectivity index (χ2v) is 8.18. The van der Waals surface area contributed by atoms with E-state index in [0.717, 1.165) is 42.9 Å². The number of nitrogens with one attached hydrogen (secondary N) is 2. The number of amides is 2. The van der Waals surface area contributed by atoms with Gasteiger partial charge in [0.1, 0.15) is 0 Å². The number of nitrogens with zero attached hydrogens (tertiary/aromatic N) is 2. The minimum absolute atomic E-state index is 0.105. The predicted octanol–water partition coefficient (Wildman–Crippen LogP) is 3.63. The highest BCUT2D eigenvalue weighted by molar-refractivity contribution is 7.98. The van der Waals surface area contributed by atoms with Crippen molar-refractivity contribution in [2.45, 2.75) is 36.2 Å². The zero-order chi connectivity index (χ0) is 18.6. The molecule has 27 heavy (non-hydrogen) atoms. The molecule has 3 aliphatic heterocycles. The van der Waals surface area contributed by atoms with E-state index in [9.17, 15) is 4.79 Å². The van der Waals surface area contributed by atoms with E-state index in [2.05, 4.69) is 26.6 Å². The van der Waals surface area contributed by atoms with Crippen LogP contribution in [0.3, 0.4) is 0 Å². The molecule has 1 aromatic carbocycles. The number of thioether (sulfide) groups is 1. The van der Waals surface area contributed by atoms with E-state index < -0.39 is 0 Å². The number of fused-ring (bicyclic) bond motifs is 3. The van der Waals surface area contributed by atoms with Crippen molar-refractivity contribution in [3.63, 3.8) is 0 Å². The van der Waals surface area contributed by atoms with E-state index in [-0.39, 0.29) is 12.1 Å². The number of urea groups is 1. The van der Waals surface area contributed by atoms with Gasteiger partial charge < -0.3 is 10.6 Å². The van der Waals surface area contributed by atoms with Crippen molar-refractivity contribution in [3.8, 4) is 0 Å². The third-order valence-corrected chi connectivity index (χ3v) is 6.58. The third kappa shape index (κ3) is 4.12. The molecule has 6 heteroatoms. The highest BCUT2D eigenvalue weighted by Gasteiger charge is 2.42. The van der Waals surface area contributed by atoms with Crippen molar-refractivity contribution in [1.82, 2.24) is 15.2 Å². The Morgan fingerprint density at radius 3 is 2.78 bits per heavy atom. The molecule has 5 nitrogen and oxygen atoms in total. The molecule has 2 aromatic rings. The Morgan fingerprint density at radius 1 is 1.22 bits per heavy atom. The van der Waals surface area contributed by atoms with Gasteiger partial charge in [-0.2, -0.15) is 0 Å². The molecule has 0 aliphatic carbocycles. The molecule has 4 heterocycles. The quantitative estimate of drug-likeness (QED) is 0.776. The second-order valence-electron chi connectivity index (χ2n) is 7.33. The molecule has 5 rings (SSSR count). The molecule has 2 amide bonds. The summed E-state index contributed by atoms with van der Waals surface area (Å²) in [5.74, 6) is 0.554. The minimum atomic E-state index is -0.105. The van der Waals surface area contributed by atoms with Gasteiger partial charge in [-0.3, -0.25) is 9.88 Å². The number of para-hydroxylation sites is 1. The van der Waals surface area contributed by atoms with Crippen LogP contribution in [0, 0.1) is 5.92 Å². The standard InChI is InChI=1S/C21H26N4OS/c1-27-19-7-3-2-6-17(19)23-21(26)24-20-16-8-11-25(12-9-16)18(20)13-15-5-4-10-22-14-15/h2-7,10,14,16,18,20H,8-9,11-13H2,1H3,(H2,23,24,26)/t18-,20-/m1/s1. The number of carbonyl (C=O) groups is 1. The molecule has 3 fully saturated rings. The number of carbonyl (C=O) groups excluding carboxylic acids is 1. The molecule has 0 spiro atoms. The number of piperidine rings is 3. The minimum Gasteiger partial charge on any atom is -0.333 e. The van der Waals surface area contributed by atoms with E-state index in [1.807, 2.05) is 49.0 Å². The van der Waals surface area contributed by atoms with Crippen molar-refractivity contribution in [2.75, 3.05) is 24.7 Å². The molecule has 142 valence electrons. The van der Waals surface area contributed by atoms with Gasteiger partial charge in [-0.1, -0.05) is 18.2 Å². The van der Waals surface area contributed by atoms with Crippen LogP contribution in [0.1, 0.15) is 18.4 Å².